The van der Waals surface area contributed by atoms with Crippen LogP contribution in [0.1, 0.15) is 36.6 Å². The van der Waals surface area contributed by atoms with Crippen LogP contribution in [0.2, 0.25) is 0 Å². The molecule has 3 aromatic rings. The van der Waals surface area contributed by atoms with Gasteiger partial charge in [0.25, 0.3) is 0 Å². The maximum Gasteiger partial charge on any atom is 0.324 e. The summed E-state index contributed by atoms with van der Waals surface area (Å²) in [6, 6.07) is 12.5. The summed E-state index contributed by atoms with van der Waals surface area (Å²) >= 11 is 0. The van der Waals surface area contributed by atoms with Crippen molar-refractivity contribution in [1.29, 1.82) is 0 Å². The third-order valence-corrected chi connectivity index (χ3v) is 6.40. The Morgan fingerprint density at radius 1 is 1.15 bits per heavy atom. The number of methoxy groups -OCH3 is 1. The second kappa shape index (κ2) is 8.65. The Balaban J connectivity index is 1.28. The normalized spacial score (nSPS) is 22.6. The second-order valence-corrected chi connectivity index (χ2v) is 8.37. The molecule has 1 saturated carbocycles. The first-order valence-corrected chi connectivity index (χ1v) is 10.9. The van der Waals surface area contributed by atoms with Crippen LogP contribution in [-0.2, 0) is 11.3 Å². The summed E-state index contributed by atoms with van der Waals surface area (Å²) in [5, 5.41) is 7.01. The van der Waals surface area contributed by atoms with Gasteiger partial charge in [0.2, 0.25) is 17.6 Å². The number of imide groups is 1. The van der Waals surface area contributed by atoms with E-state index in [1.54, 1.807) is 25.3 Å². The number of ether oxygens (including phenoxy) is 1. The van der Waals surface area contributed by atoms with Crippen LogP contribution in [0.3, 0.4) is 0 Å². The number of para-hydroxylation sites is 1. The van der Waals surface area contributed by atoms with E-state index in [0.717, 1.165) is 5.56 Å². The zero-order valence-electron chi connectivity index (χ0n) is 18.0. The molecule has 9 heteroatoms. The van der Waals surface area contributed by atoms with E-state index in [2.05, 4.69) is 15.5 Å². The van der Waals surface area contributed by atoms with Gasteiger partial charge >= 0.3 is 6.03 Å². The van der Waals surface area contributed by atoms with Crippen molar-refractivity contribution in [1.82, 2.24) is 20.4 Å². The van der Waals surface area contributed by atoms with Crippen molar-refractivity contribution in [2.45, 2.75) is 37.8 Å². The van der Waals surface area contributed by atoms with E-state index >= 15 is 0 Å². The Bertz CT molecular complexity index is 1180. The van der Waals surface area contributed by atoms with Crippen LogP contribution >= 0.6 is 0 Å². The van der Waals surface area contributed by atoms with Gasteiger partial charge in [-0.3, -0.25) is 9.69 Å². The summed E-state index contributed by atoms with van der Waals surface area (Å²) < 4.78 is 24.0. The molecule has 3 amide bonds. The molecular weight excluding hydrogens is 427 g/mol. The zero-order valence-corrected chi connectivity index (χ0v) is 18.0. The summed E-state index contributed by atoms with van der Waals surface area (Å²) in [5.41, 5.74) is 1.43. The van der Waals surface area contributed by atoms with Crippen LogP contribution < -0.4 is 10.1 Å². The van der Waals surface area contributed by atoms with E-state index in [1.165, 1.54) is 17.0 Å². The molecule has 8 nitrogen and oxygen atoms in total. The van der Waals surface area contributed by atoms with Crippen LogP contribution in [-0.4, -0.2) is 40.1 Å². The molecule has 2 fully saturated rings. The number of benzene rings is 2. The first kappa shape index (κ1) is 21.1. The van der Waals surface area contributed by atoms with E-state index in [9.17, 15) is 14.0 Å². The van der Waals surface area contributed by atoms with Gasteiger partial charge in [0, 0.05) is 23.1 Å². The van der Waals surface area contributed by atoms with Gasteiger partial charge in [0.1, 0.15) is 11.6 Å². The topological polar surface area (TPSA) is 97.6 Å². The van der Waals surface area contributed by atoms with E-state index in [0.29, 0.717) is 42.3 Å². The Labute approximate surface area is 189 Å². The molecule has 1 N–H and O–H groups in total. The summed E-state index contributed by atoms with van der Waals surface area (Å²) in [4.78, 5) is 31.7. The Morgan fingerprint density at radius 2 is 1.94 bits per heavy atom. The fourth-order valence-corrected chi connectivity index (χ4v) is 4.66. The molecule has 3 atom stereocenters. The monoisotopic (exact) mass is 450 g/mol. The lowest BCUT2D eigenvalue weighted by Crippen LogP contribution is -2.60. The first-order valence-electron chi connectivity index (χ1n) is 10.9. The molecule has 170 valence electrons. The predicted molar refractivity (Wildman–Crippen MR) is 116 cm³/mol. The number of amides is 3. The SMILES string of the molecule is COc1ccccc1CN1C(=O)NC2CC(c3nc(-c4ccc(F)cc4)no3)CCC2C1=O. The minimum absolute atomic E-state index is 0.0678. The van der Waals surface area contributed by atoms with Gasteiger partial charge in [-0.2, -0.15) is 4.98 Å². The van der Waals surface area contributed by atoms with E-state index in [-0.39, 0.29) is 36.1 Å². The molecular formula is C24H23FN4O4. The first-order chi connectivity index (χ1) is 16.0. The molecule has 1 aromatic heterocycles. The molecule has 0 spiro atoms. The van der Waals surface area contributed by atoms with Crippen molar-refractivity contribution >= 4 is 11.9 Å². The zero-order chi connectivity index (χ0) is 22.9. The maximum atomic E-state index is 13.2. The minimum Gasteiger partial charge on any atom is -0.496 e. The number of halogens is 1. The number of rotatable bonds is 5. The molecule has 1 saturated heterocycles. The third-order valence-electron chi connectivity index (χ3n) is 6.40. The maximum absolute atomic E-state index is 13.2. The Morgan fingerprint density at radius 3 is 2.73 bits per heavy atom. The molecule has 33 heavy (non-hydrogen) atoms. The average molecular weight is 450 g/mol. The van der Waals surface area contributed by atoms with Gasteiger partial charge < -0.3 is 14.6 Å². The van der Waals surface area contributed by atoms with Crippen molar-refractivity contribution in [3.63, 3.8) is 0 Å². The number of aromatic nitrogens is 2. The lowest BCUT2D eigenvalue weighted by Gasteiger charge is -2.41. The molecule has 2 aromatic carbocycles. The number of fused-ring (bicyclic) bond motifs is 1. The molecule has 0 bridgehead atoms. The Hall–Kier alpha value is -3.75. The third kappa shape index (κ3) is 4.06. The molecule has 1 aliphatic carbocycles. The number of hydrogen-bond acceptors (Lipinski definition) is 6. The summed E-state index contributed by atoms with van der Waals surface area (Å²) in [5.74, 6) is 0.612. The van der Waals surface area contributed by atoms with Crippen molar-refractivity contribution in [2.75, 3.05) is 7.11 Å². The van der Waals surface area contributed by atoms with Crippen LogP contribution in [0.15, 0.2) is 53.1 Å². The van der Waals surface area contributed by atoms with Crippen LogP contribution in [0.4, 0.5) is 9.18 Å². The fraction of sp³-hybridized carbons (Fsp3) is 0.333. The van der Waals surface area contributed by atoms with Crippen molar-refractivity contribution < 1.29 is 23.2 Å². The Kier molecular flexibility index (Phi) is 5.53. The van der Waals surface area contributed by atoms with Gasteiger partial charge in [-0.15, -0.1) is 0 Å². The molecule has 0 radical (unpaired) electrons. The number of carbonyl (C=O) groups is 2. The van der Waals surface area contributed by atoms with Gasteiger partial charge in [-0.05, 0) is 49.6 Å². The van der Waals surface area contributed by atoms with Gasteiger partial charge in [0.05, 0.1) is 19.6 Å². The predicted octanol–water partition coefficient (Wildman–Crippen LogP) is 3.89. The van der Waals surface area contributed by atoms with E-state index in [1.807, 2.05) is 18.2 Å². The lowest BCUT2D eigenvalue weighted by atomic mass is 9.76. The standard InChI is InChI=1S/C24H23FN4O4/c1-32-20-5-3-2-4-16(20)13-29-23(30)18-11-8-15(12-19(18)26-24(29)31)22-27-21(28-33-22)14-6-9-17(25)10-7-14/h2-7,9-10,15,18-19H,8,11-13H2,1H3,(H,26,31). The van der Waals surface area contributed by atoms with Gasteiger partial charge in [-0.1, -0.05) is 23.4 Å². The number of nitrogens with one attached hydrogen (secondary N) is 1. The number of carbonyl (C=O) groups excluding carboxylic acids is 2. The number of urea groups is 1. The summed E-state index contributed by atoms with van der Waals surface area (Å²) in [7, 11) is 1.56. The van der Waals surface area contributed by atoms with Crippen molar-refractivity contribution in [3.8, 4) is 17.1 Å². The van der Waals surface area contributed by atoms with Crippen LogP contribution in [0.5, 0.6) is 5.75 Å². The minimum atomic E-state index is -0.412. The molecule has 5 rings (SSSR count). The van der Waals surface area contributed by atoms with E-state index in [4.69, 9.17) is 9.26 Å². The largest absolute Gasteiger partial charge is 0.496 e. The average Bonchev–Trinajstić information content (AvgIpc) is 3.32. The highest BCUT2D eigenvalue weighted by Gasteiger charge is 2.45. The van der Waals surface area contributed by atoms with Gasteiger partial charge in [-0.25, -0.2) is 9.18 Å². The van der Waals surface area contributed by atoms with Crippen LogP contribution in [0, 0.1) is 11.7 Å². The molecule has 3 unspecified atom stereocenters. The van der Waals surface area contributed by atoms with Crippen LogP contribution in [0.25, 0.3) is 11.4 Å². The quantitative estimate of drug-likeness (QED) is 0.633. The number of hydrogen-bond donors (Lipinski definition) is 1. The highest BCUT2D eigenvalue weighted by molar-refractivity contribution is 5.98. The number of nitrogens with zero attached hydrogens (tertiary/aromatic N) is 3. The second-order valence-electron chi connectivity index (χ2n) is 8.37. The molecule has 2 heterocycles. The summed E-state index contributed by atoms with van der Waals surface area (Å²) in [6.45, 7) is 0.159. The fourth-order valence-electron chi connectivity index (χ4n) is 4.66. The molecule has 1 aliphatic heterocycles. The smallest absolute Gasteiger partial charge is 0.324 e. The van der Waals surface area contributed by atoms with E-state index < -0.39 is 6.03 Å². The highest BCUT2D eigenvalue weighted by Crippen LogP contribution is 2.39. The summed E-state index contributed by atoms with van der Waals surface area (Å²) in [6.07, 6.45) is 1.83. The van der Waals surface area contributed by atoms with Crippen molar-refractivity contribution in [2.24, 2.45) is 5.92 Å². The lowest BCUT2D eigenvalue weighted by molar-refractivity contribution is -0.137. The molecule has 2 aliphatic rings. The van der Waals surface area contributed by atoms with Gasteiger partial charge in [0.15, 0.2) is 0 Å². The van der Waals surface area contributed by atoms with Crippen molar-refractivity contribution in [3.05, 3.63) is 65.8 Å². The highest BCUT2D eigenvalue weighted by atomic mass is 19.1.